The normalized spacial score (nSPS) is 11.2. The number of rotatable bonds is 4. The van der Waals surface area contributed by atoms with E-state index >= 15 is 0 Å². The van der Waals surface area contributed by atoms with Gasteiger partial charge in [0.25, 0.3) is 0 Å². The summed E-state index contributed by atoms with van der Waals surface area (Å²) in [5.41, 5.74) is 1.63. The van der Waals surface area contributed by atoms with Crippen LogP contribution < -0.4 is 0 Å². The van der Waals surface area contributed by atoms with Crippen molar-refractivity contribution in [3.8, 4) is 0 Å². The Morgan fingerprint density at radius 1 is 1.53 bits per heavy atom. The first-order chi connectivity index (χ1) is 9.02. The molecule has 2 aromatic rings. The number of hydrogen-bond acceptors (Lipinski definition) is 4. The molecule has 0 amide bonds. The number of aromatic nitrogens is 3. The maximum absolute atomic E-state index is 11.8. The summed E-state index contributed by atoms with van der Waals surface area (Å²) in [6.07, 6.45) is 2.23. The predicted molar refractivity (Wildman–Crippen MR) is 72.5 cm³/mol. The number of ether oxygens (including phenoxy) is 1. The molecular weight excluding hydrogens is 266 g/mol. The third kappa shape index (κ3) is 2.87. The van der Waals surface area contributed by atoms with Crippen LogP contribution in [0.25, 0.3) is 5.65 Å². The maximum atomic E-state index is 11.8. The van der Waals surface area contributed by atoms with Crippen LogP contribution in [0.1, 0.15) is 36.8 Å². The van der Waals surface area contributed by atoms with E-state index in [2.05, 4.69) is 23.9 Å². The molecule has 0 aliphatic carbocycles. The zero-order valence-electron chi connectivity index (χ0n) is 11.2. The fourth-order valence-electron chi connectivity index (χ4n) is 1.85. The molecule has 102 valence electrons. The summed E-state index contributed by atoms with van der Waals surface area (Å²) < 4.78 is 6.42. The highest BCUT2D eigenvalue weighted by atomic mass is 35.5. The van der Waals surface area contributed by atoms with E-state index in [1.165, 1.54) is 10.7 Å². The third-order valence-electron chi connectivity index (χ3n) is 2.59. The highest BCUT2D eigenvalue weighted by molar-refractivity contribution is 6.29. The van der Waals surface area contributed by atoms with Gasteiger partial charge in [-0.25, -0.2) is 14.3 Å². The van der Waals surface area contributed by atoms with Gasteiger partial charge in [0.2, 0.25) is 0 Å². The van der Waals surface area contributed by atoms with Crippen LogP contribution in [-0.2, 0) is 11.2 Å². The molecule has 19 heavy (non-hydrogen) atoms. The Hall–Kier alpha value is -1.62. The molecule has 0 aliphatic rings. The smallest absolute Gasteiger partial charge is 0.343 e. The van der Waals surface area contributed by atoms with Gasteiger partial charge in [-0.3, -0.25) is 0 Å². The van der Waals surface area contributed by atoms with E-state index in [4.69, 9.17) is 16.3 Å². The third-order valence-corrected chi connectivity index (χ3v) is 2.86. The molecule has 0 aromatic carbocycles. The minimum absolute atomic E-state index is 0.315. The summed E-state index contributed by atoms with van der Waals surface area (Å²) in [7, 11) is 0. The number of hydrogen-bond donors (Lipinski definition) is 0. The molecule has 0 fully saturated rings. The fourth-order valence-corrected chi connectivity index (χ4v) is 2.10. The summed E-state index contributed by atoms with van der Waals surface area (Å²) in [6, 6.07) is 1.77. The van der Waals surface area contributed by atoms with Gasteiger partial charge in [0.15, 0.2) is 5.65 Å². The van der Waals surface area contributed by atoms with Crippen molar-refractivity contribution in [1.82, 2.24) is 14.6 Å². The average Bonchev–Trinajstić information content (AvgIpc) is 2.72. The molecule has 0 aliphatic heterocycles. The molecule has 6 heteroatoms. The van der Waals surface area contributed by atoms with Crippen LogP contribution in [0.4, 0.5) is 0 Å². The Balaban J connectivity index is 2.50. The zero-order chi connectivity index (χ0) is 14.0. The van der Waals surface area contributed by atoms with E-state index in [0.717, 1.165) is 12.1 Å². The summed E-state index contributed by atoms with van der Waals surface area (Å²) in [6.45, 7) is 6.27. The molecule has 0 radical (unpaired) electrons. The van der Waals surface area contributed by atoms with Crippen LogP contribution in [-0.4, -0.2) is 27.2 Å². The number of esters is 1. The van der Waals surface area contributed by atoms with Gasteiger partial charge in [0, 0.05) is 5.69 Å². The quantitative estimate of drug-likeness (QED) is 0.639. The molecule has 0 saturated carbocycles. The van der Waals surface area contributed by atoms with Gasteiger partial charge in [0.05, 0.1) is 12.8 Å². The topological polar surface area (TPSA) is 56.5 Å². The Morgan fingerprint density at radius 3 is 2.89 bits per heavy atom. The van der Waals surface area contributed by atoms with E-state index in [0.29, 0.717) is 28.9 Å². The molecule has 0 saturated heterocycles. The number of carbonyl (C=O) groups is 1. The molecule has 0 unspecified atom stereocenters. The van der Waals surface area contributed by atoms with E-state index in [1.54, 1.807) is 13.0 Å². The van der Waals surface area contributed by atoms with Gasteiger partial charge in [-0.2, -0.15) is 5.10 Å². The van der Waals surface area contributed by atoms with E-state index in [9.17, 15) is 4.79 Å². The van der Waals surface area contributed by atoms with Crippen LogP contribution in [0, 0.1) is 5.92 Å². The molecule has 0 bridgehead atoms. The van der Waals surface area contributed by atoms with Gasteiger partial charge < -0.3 is 4.74 Å². The molecule has 2 rings (SSSR count). The lowest BCUT2D eigenvalue weighted by atomic mass is 10.1. The Bertz CT molecular complexity index is 607. The molecule has 0 atom stereocenters. The van der Waals surface area contributed by atoms with Crippen molar-refractivity contribution in [2.45, 2.75) is 27.2 Å². The van der Waals surface area contributed by atoms with Crippen molar-refractivity contribution < 1.29 is 9.53 Å². The SMILES string of the molecule is CCOC(=O)c1cnn2c(Cl)cc(CC(C)C)nc12. The first-order valence-electron chi connectivity index (χ1n) is 6.23. The van der Waals surface area contributed by atoms with Crippen molar-refractivity contribution in [3.05, 3.63) is 28.7 Å². The summed E-state index contributed by atoms with van der Waals surface area (Å²) in [5.74, 6) is 0.0303. The number of halogens is 1. The summed E-state index contributed by atoms with van der Waals surface area (Å²) in [5, 5.41) is 4.50. The van der Waals surface area contributed by atoms with Crippen molar-refractivity contribution in [2.24, 2.45) is 5.92 Å². The van der Waals surface area contributed by atoms with Crippen LogP contribution in [0.5, 0.6) is 0 Å². The molecule has 0 N–H and O–H groups in total. The zero-order valence-corrected chi connectivity index (χ0v) is 11.9. The monoisotopic (exact) mass is 281 g/mol. The van der Waals surface area contributed by atoms with Crippen LogP contribution in [0.15, 0.2) is 12.3 Å². The number of fused-ring (bicyclic) bond motifs is 1. The van der Waals surface area contributed by atoms with E-state index < -0.39 is 5.97 Å². The summed E-state index contributed by atoms with van der Waals surface area (Å²) >= 11 is 6.15. The lowest BCUT2D eigenvalue weighted by Crippen LogP contribution is -2.07. The second-order valence-corrected chi connectivity index (χ2v) is 5.07. The Morgan fingerprint density at radius 2 is 2.26 bits per heavy atom. The second kappa shape index (κ2) is 5.57. The maximum Gasteiger partial charge on any atom is 0.343 e. The van der Waals surface area contributed by atoms with Gasteiger partial charge in [-0.15, -0.1) is 0 Å². The van der Waals surface area contributed by atoms with Crippen molar-refractivity contribution >= 4 is 23.2 Å². The van der Waals surface area contributed by atoms with Gasteiger partial charge in [0.1, 0.15) is 10.7 Å². The van der Waals surface area contributed by atoms with Crippen molar-refractivity contribution in [2.75, 3.05) is 6.61 Å². The minimum Gasteiger partial charge on any atom is -0.462 e. The lowest BCUT2D eigenvalue weighted by Gasteiger charge is -2.06. The lowest BCUT2D eigenvalue weighted by molar-refractivity contribution is 0.0528. The first-order valence-corrected chi connectivity index (χ1v) is 6.61. The van der Waals surface area contributed by atoms with Crippen molar-refractivity contribution in [1.29, 1.82) is 0 Å². The second-order valence-electron chi connectivity index (χ2n) is 4.68. The molecule has 5 nitrogen and oxygen atoms in total. The van der Waals surface area contributed by atoms with E-state index in [-0.39, 0.29) is 0 Å². The minimum atomic E-state index is -0.428. The van der Waals surface area contributed by atoms with Crippen LogP contribution >= 0.6 is 11.6 Å². The molecular formula is C13H16ClN3O2. The highest BCUT2D eigenvalue weighted by Crippen LogP contribution is 2.18. The van der Waals surface area contributed by atoms with Crippen molar-refractivity contribution in [3.63, 3.8) is 0 Å². The van der Waals surface area contributed by atoms with Gasteiger partial charge >= 0.3 is 5.97 Å². The van der Waals surface area contributed by atoms with Gasteiger partial charge in [-0.05, 0) is 25.3 Å². The molecule has 2 aromatic heterocycles. The Labute approximate surface area is 116 Å². The predicted octanol–water partition coefficient (Wildman–Crippen LogP) is 2.76. The molecule has 0 spiro atoms. The summed E-state index contributed by atoms with van der Waals surface area (Å²) in [4.78, 5) is 16.3. The standard InChI is InChI=1S/C13H16ClN3O2/c1-4-19-13(18)10-7-15-17-11(14)6-9(5-8(2)3)16-12(10)17/h6-8H,4-5H2,1-3H3. The first kappa shape index (κ1) is 13.8. The Kier molecular flexibility index (Phi) is 4.04. The fraction of sp³-hybridized carbons (Fsp3) is 0.462. The van der Waals surface area contributed by atoms with Crippen LogP contribution in [0.2, 0.25) is 5.15 Å². The van der Waals surface area contributed by atoms with E-state index in [1.807, 2.05) is 0 Å². The average molecular weight is 282 g/mol. The molecule has 2 heterocycles. The largest absolute Gasteiger partial charge is 0.462 e. The number of carbonyl (C=O) groups excluding carboxylic acids is 1. The van der Waals surface area contributed by atoms with Crippen LogP contribution in [0.3, 0.4) is 0 Å². The number of nitrogens with zero attached hydrogens (tertiary/aromatic N) is 3. The van der Waals surface area contributed by atoms with Gasteiger partial charge in [-0.1, -0.05) is 25.4 Å². The highest BCUT2D eigenvalue weighted by Gasteiger charge is 2.17.